The Morgan fingerprint density at radius 1 is 1.17 bits per heavy atom. The van der Waals surface area contributed by atoms with E-state index in [4.69, 9.17) is 4.42 Å². The highest BCUT2D eigenvalue weighted by molar-refractivity contribution is 8.00. The molecule has 0 aliphatic heterocycles. The number of aromatic nitrogens is 3. The van der Waals surface area contributed by atoms with Crippen molar-refractivity contribution in [2.45, 2.75) is 38.8 Å². The largest absolute Gasteiger partial charge is 0.467 e. The number of carbonyl (C=O) groups is 1. The highest BCUT2D eigenvalue weighted by Crippen LogP contribution is 2.31. The molecule has 3 aromatic heterocycles. The lowest BCUT2D eigenvalue weighted by Gasteiger charge is -2.07. The van der Waals surface area contributed by atoms with E-state index in [-0.39, 0.29) is 11.7 Å². The molecule has 0 fully saturated rings. The van der Waals surface area contributed by atoms with Gasteiger partial charge in [0.1, 0.15) is 22.8 Å². The van der Waals surface area contributed by atoms with Gasteiger partial charge >= 0.3 is 0 Å². The number of benzene rings is 1. The molecule has 1 amide bonds. The molecular formula is C23H24N4O2S. The van der Waals surface area contributed by atoms with Crippen molar-refractivity contribution < 1.29 is 9.21 Å². The lowest BCUT2D eigenvalue weighted by Crippen LogP contribution is -2.14. The van der Waals surface area contributed by atoms with Gasteiger partial charge in [0, 0.05) is 11.4 Å². The van der Waals surface area contributed by atoms with E-state index in [9.17, 15) is 4.79 Å². The van der Waals surface area contributed by atoms with Crippen LogP contribution in [0.25, 0.3) is 11.0 Å². The SMILES string of the molecule is CCc1ccc(NC(=O)CSc2ncnc3c2c(C)c(C)n3Cc2ccco2)cc1. The maximum Gasteiger partial charge on any atom is 0.234 e. The van der Waals surface area contributed by atoms with Crippen molar-refractivity contribution in [3.8, 4) is 0 Å². The standard InChI is InChI=1S/C23H24N4O2S/c1-4-17-7-9-18(10-8-17)26-20(28)13-30-23-21-15(2)16(3)27(22(21)24-14-25-23)12-19-6-5-11-29-19/h5-11,14H,4,12-13H2,1-3H3,(H,26,28). The molecule has 0 radical (unpaired) electrons. The first-order chi connectivity index (χ1) is 14.6. The Kier molecular flexibility index (Phi) is 5.90. The van der Waals surface area contributed by atoms with Crippen LogP contribution in [-0.4, -0.2) is 26.2 Å². The molecule has 0 aliphatic rings. The summed E-state index contributed by atoms with van der Waals surface area (Å²) in [6, 6.07) is 11.8. The summed E-state index contributed by atoms with van der Waals surface area (Å²) in [6.07, 6.45) is 4.21. The highest BCUT2D eigenvalue weighted by Gasteiger charge is 2.18. The summed E-state index contributed by atoms with van der Waals surface area (Å²) in [7, 11) is 0. The fourth-order valence-electron chi connectivity index (χ4n) is 3.45. The molecule has 1 N–H and O–H groups in total. The lowest BCUT2D eigenvalue weighted by molar-refractivity contribution is -0.113. The van der Waals surface area contributed by atoms with E-state index in [0.717, 1.165) is 45.2 Å². The molecule has 3 heterocycles. The molecule has 0 saturated carbocycles. The number of carbonyl (C=O) groups excluding carboxylic acids is 1. The molecule has 1 aromatic carbocycles. The van der Waals surface area contributed by atoms with Crippen LogP contribution in [0.4, 0.5) is 5.69 Å². The average molecular weight is 421 g/mol. The van der Waals surface area contributed by atoms with Crippen LogP contribution in [-0.2, 0) is 17.8 Å². The number of furan rings is 1. The quantitative estimate of drug-likeness (QED) is 0.337. The molecule has 0 aliphatic carbocycles. The molecular weight excluding hydrogens is 396 g/mol. The zero-order chi connectivity index (χ0) is 21.1. The van der Waals surface area contributed by atoms with Gasteiger partial charge < -0.3 is 14.3 Å². The van der Waals surface area contributed by atoms with Crippen molar-refractivity contribution in [3.63, 3.8) is 0 Å². The maximum atomic E-state index is 12.5. The Balaban J connectivity index is 1.52. The molecule has 0 unspecified atom stereocenters. The summed E-state index contributed by atoms with van der Waals surface area (Å²) in [5.74, 6) is 1.10. The predicted octanol–water partition coefficient (Wildman–Crippen LogP) is 4.98. The number of thioether (sulfide) groups is 1. The van der Waals surface area contributed by atoms with E-state index < -0.39 is 0 Å². The van der Waals surface area contributed by atoms with Crippen molar-refractivity contribution in [1.29, 1.82) is 0 Å². The van der Waals surface area contributed by atoms with E-state index in [1.807, 2.05) is 36.4 Å². The third kappa shape index (κ3) is 4.11. The number of hydrogen-bond acceptors (Lipinski definition) is 5. The number of anilines is 1. The molecule has 4 aromatic rings. The number of nitrogens with one attached hydrogen (secondary N) is 1. The predicted molar refractivity (Wildman–Crippen MR) is 120 cm³/mol. The van der Waals surface area contributed by atoms with Crippen LogP contribution < -0.4 is 5.32 Å². The molecule has 0 spiro atoms. The Morgan fingerprint density at radius 3 is 2.67 bits per heavy atom. The fraction of sp³-hybridized carbons (Fsp3) is 0.261. The molecule has 154 valence electrons. The summed E-state index contributed by atoms with van der Waals surface area (Å²) in [5, 5.41) is 4.76. The average Bonchev–Trinajstić information content (AvgIpc) is 3.36. The number of fused-ring (bicyclic) bond motifs is 1. The Labute approximate surface area is 179 Å². The Hall–Kier alpha value is -3.06. The zero-order valence-electron chi connectivity index (χ0n) is 17.3. The molecule has 30 heavy (non-hydrogen) atoms. The van der Waals surface area contributed by atoms with Crippen LogP contribution in [0.15, 0.2) is 58.4 Å². The van der Waals surface area contributed by atoms with E-state index in [2.05, 4.69) is 40.6 Å². The molecule has 0 atom stereocenters. The first kappa shape index (κ1) is 20.2. The Bertz CT molecular complexity index is 1160. The summed E-state index contributed by atoms with van der Waals surface area (Å²) < 4.78 is 7.64. The van der Waals surface area contributed by atoms with Gasteiger partial charge in [0.05, 0.1) is 23.9 Å². The monoisotopic (exact) mass is 420 g/mol. The van der Waals surface area contributed by atoms with E-state index in [1.54, 1.807) is 12.6 Å². The summed E-state index contributed by atoms with van der Waals surface area (Å²) in [6.45, 7) is 6.86. The third-order valence-corrected chi connectivity index (χ3v) is 6.24. The Morgan fingerprint density at radius 2 is 1.97 bits per heavy atom. The van der Waals surface area contributed by atoms with Gasteiger partial charge in [-0.05, 0) is 55.7 Å². The second kappa shape index (κ2) is 8.75. The molecule has 4 rings (SSSR count). The van der Waals surface area contributed by atoms with Crippen molar-refractivity contribution in [1.82, 2.24) is 14.5 Å². The second-order valence-corrected chi connectivity index (χ2v) is 8.10. The summed E-state index contributed by atoms with van der Waals surface area (Å²) in [5.41, 5.74) is 5.15. The van der Waals surface area contributed by atoms with Crippen molar-refractivity contribution in [3.05, 3.63) is 71.6 Å². The van der Waals surface area contributed by atoms with Gasteiger partial charge in [0.2, 0.25) is 5.91 Å². The minimum Gasteiger partial charge on any atom is -0.467 e. The maximum absolute atomic E-state index is 12.5. The third-order valence-electron chi connectivity index (χ3n) is 5.25. The topological polar surface area (TPSA) is 73.0 Å². The second-order valence-electron chi connectivity index (χ2n) is 7.14. The van der Waals surface area contributed by atoms with Crippen molar-refractivity contribution in [2.75, 3.05) is 11.1 Å². The van der Waals surface area contributed by atoms with Crippen molar-refractivity contribution >= 4 is 34.4 Å². The molecule has 0 bridgehead atoms. The number of nitrogens with zero attached hydrogens (tertiary/aromatic N) is 3. The van der Waals surface area contributed by atoms with Gasteiger partial charge in [0.15, 0.2) is 0 Å². The summed E-state index contributed by atoms with van der Waals surface area (Å²) >= 11 is 1.43. The minimum absolute atomic E-state index is 0.0552. The smallest absolute Gasteiger partial charge is 0.234 e. The van der Waals surface area contributed by atoms with Gasteiger partial charge in [-0.15, -0.1) is 0 Å². The van der Waals surface area contributed by atoms with Gasteiger partial charge in [0.25, 0.3) is 0 Å². The van der Waals surface area contributed by atoms with Gasteiger partial charge in [-0.1, -0.05) is 30.8 Å². The molecule has 7 heteroatoms. The first-order valence-electron chi connectivity index (χ1n) is 9.91. The number of aryl methyl sites for hydroxylation is 2. The number of amides is 1. The van der Waals surface area contributed by atoms with Gasteiger partial charge in [-0.3, -0.25) is 4.79 Å². The van der Waals surface area contributed by atoms with Crippen LogP contribution >= 0.6 is 11.8 Å². The van der Waals surface area contributed by atoms with E-state index in [0.29, 0.717) is 6.54 Å². The lowest BCUT2D eigenvalue weighted by atomic mass is 10.1. The molecule has 6 nitrogen and oxygen atoms in total. The van der Waals surface area contributed by atoms with Crippen LogP contribution in [0, 0.1) is 13.8 Å². The van der Waals surface area contributed by atoms with Gasteiger partial charge in [-0.25, -0.2) is 9.97 Å². The first-order valence-corrected chi connectivity index (χ1v) is 10.9. The normalized spacial score (nSPS) is 11.2. The number of rotatable bonds is 7. The molecule has 0 saturated heterocycles. The van der Waals surface area contributed by atoms with Crippen LogP contribution in [0.3, 0.4) is 0 Å². The van der Waals surface area contributed by atoms with Crippen LogP contribution in [0.2, 0.25) is 0 Å². The number of hydrogen-bond donors (Lipinski definition) is 1. The van der Waals surface area contributed by atoms with Crippen LogP contribution in [0.5, 0.6) is 0 Å². The van der Waals surface area contributed by atoms with E-state index in [1.165, 1.54) is 17.3 Å². The minimum atomic E-state index is -0.0552. The summed E-state index contributed by atoms with van der Waals surface area (Å²) in [4.78, 5) is 21.4. The fourth-order valence-corrected chi connectivity index (χ4v) is 4.30. The van der Waals surface area contributed by atoms with Gasteiger partial charge in [-0.2, -0.15) is 0 Å². The van der Waals surface area contributed by atoms with Crippen LogP contribution in [0.1, 0.15) is 29.5 Å². The zero-order valence-corrected chi connectivity index (χ0v) is 18.1. The van der Waals surface area contributed by atoms with Crippen molar-refractivity contribution in [2.24, 2.45) is 0 Å². The van der Waals surface area contributed by atoms with E-state index >= 15 is 0 Å². The highest BCUT2D eigenvalue weighted by atomic mass is 32.2.